The van der Waals surface area contributed by atoms with Gasteiger partial charge in [-0.2, -0.15) is 0 Å². The second-order valence-electron chi connectivity index (χ2n) is 5.59. The van der Waals surface area contributed by atoms with E-state index >= 15 is 0 Å². The average Bonchev–Trinajstić information content (AvgIpc) is 2.53. The van der Waals surface area contributed by atoms with Crippen molar-refractivity contribution in [3.8, 4) is 0 Å². The molecule has 0 radical (unpaired) electrons. The summed E-state index contributed by atoms with van der Waals surface area (Å²) in [7, 11) is 2.01. The van der Waals surface area contributed by atoms with E-state index < -0.39 is 0 Å². The first-order chi connectivity index (χ1) is 7.95. The molecule has 2 N–H and O–H groups in total. The Balaban J connectivity index is 2.64. The van der Waals surface area contributed by atoms with Crippen LogP contribution in [0.3, 0.4) is 0 Å². The van der Waals surface area contributed by atoms with Crippen LogP contribution in [0, 0.1) is 13.8 Å². The Morgan fingerprint density at radius 2 is 1.94 bits per heavy atom. The summed E-state index contributed by atoms with van der Waals surface area (Å²) in [5, 5.41) is 4.64. The minimum Gasteiger partial charge on any atom is -0.358 e. The van der Waals surface area contributed by atoms with E-state index in [-0.39, 0.29) is 5.41 Å². The van der Waals surface area contributed by atoms with Crippen molar-refractivity contribution in [2.45, 2.75) is 33.1 Å². The zero-order valence-electron chi connectivity index (χ0n) is 11.4. The van der Waals surface area contributed by atoms with Gasteiger partial charge in [-0.15, -0.1) is 0 Å². The van der Waals surface area contributed by atoms with Crippen LogP contribution in [0.2, 0.25) is 0 Å². The van der Waals surface area contributed by atoms with E-state index in [1.165, 1.54) is 27.7 Å². The molecule has 0 atom stereocenters. The molecular weight excluding hydrogens is 208 g/mol. The zero-order valence-corrected chi connectivity index (χ0v) is 11.4. The van der Waals surface area contributed by atoms with Crippen LogP contribution in [0.5, 0.6) is 0 Å². The normalized spacial score (nSPS) is 12.3. The van der Waals surface area contributed by atoms with Crippen molar-refractivity contribution in [1.82, 2.24) is 10.3 Å². The van der Waals surface area contributed by atoms with Crippen LogP contribution in [0.1, 0.15) is 30.7 Å². The lowest BCUT2D eigenvalue weighted by Crippen LogP contribution is -2.31. The monoisotopic (exact) mass is 230 g/mol. The van der Waals surface area contributed by atoms with E-state index in [9.17, 15) is 0 Å². The summed E-state index contributed by atoms with van der Waals surface area (Å²) in [6.07, 6.45) is 0. The first-order valence-corrected chi connectivity index (χ1v) is 6.20. The highest BCUT2D eigenvalue weighted by atomic mass is 14.8. The molecule has 17 heavy (non-hydrogen) atoms. The molecule has 1 aromatic heterocycles. The fourth-order valence-electron chi connectivity index (χ4n) is 2.85. The van der Waals surface area contributed by atoms with E-state index in [1.54, 1.807) is 0 Å². The van der Waals surface area contributed by atoms with Gasteiger partial charge in [-0.3, -0.25) is 0 Å². The zero-order chi connectivity index (χ0) is 12.6. The van der Waals surface area contributed by atoms with Crippen LogP contribution in [0.4, 0.5) is 0 Å². The van der Waals surface area contributed by atoms with Gasteiger partial charge in [0.25, 0.3) is 0 Å². The van der Waals surface area contributed by atoms with Crippen molar-refractivity contribution in [2.24, 2.45) is 0 Å². The number of benzene rings is 1. The summed E-state index contributed by atoms with van der Waals surface area (Å²) in [6.45, 7) is 9.86. The van der Waals surface area contributed by atoms with E-state index in [2.05, 4.69) is 56.2 Å². The van der Waals surface area contributed by atoms with Crippen molar-refractivity contribution in [3.63, 3.8) is 0 Å². The van der Waals surface area contributed by atoms with Crippen molar-refractivity contribution in [2.75, 3.05) is 13.6 Å². The lowest BCUT2D eigenvalue weighted by molar-refractivity contribution is 0.495. The van der Waals surface area contributed by atoms with Gasteiger partial charge in [0.2, 0.25) is 0 Å². The Bertz CT molecular complexity index is 535. The van der Waals surface area contributed by atoms with E-state index in [1.807, 2.05) is 7.05 Å². The highest BCUT2D eigenvalue weighted by Gasteiger charge is 2.25. The number of likely N-dealkylation sites (N-methyl/N-ethyl adjacent to an activating group) is 1. The van der Waals surface area contributed by atoms with Crippen LogP contribution >= 0.6 is 0 Å². The molecule has 0 amide bonds. The maximum atomic E-state index is 3.50. The van der Waals surface area contributed by atoms with Gasteiger partial charge in [0, 0.05) is 28.6 Å². The predicted octanol–water partition coefficient (Wildman–Crippen LogP) is 3.28. The number of aromatic nitrogens is 1. The summed E-state index contributed by atoms with van der Waals surface area (Å²) in [4.78, 5) is 3.50. The number of rotatable bonds is 3. The second-order valence-corrected chi connectivity index (χ2v) is 5.59. The van der Waals surface area contributed by atoms with Gasteiger partial charge >= 0.3 is 0 Å². The van der Waals surface area contributed by atoms with Crippen LogP contribution in [-0.2, 0) is 5.41 Å². The van der Waals surface area contributed by atoms with Gasteiger partial charge in [-0.05, 0) is 38.1 Å². The highest BCUT2D eigenvalue weighted by Crippen LogP contribution is 2.33. The molecule has 2 rings (SSSR count). The van der Waals surface area contributed by atoms with Crippen LogP contribution in [0.25, 0.3) is 10.9 Å². The third kappa shape index (κ3) is 2.09. The van der Waals surface area contributed by atoms with E-state index in [0.717, 1.165) is 6.54 Å². The molecule has 0 bridgehead atoms. The maximum absolute atomic E-state index is 3.50. The molecule has 92 valence electrons. The molecule has 2 aromatic rings. The minimum atomic E-state index is 0.145. The molecule has 0 saturated heterocycles. The fourth-order valence-corrected chi connectivity index (χ4v) is 2.85. The molecule has 1 heterocycles. The standard InChI is InChI=1S/C15H22N2/c1-10-6-7-12-13(8-10)17-11(2)14(12)15(3,4)9-16-5/h6-8,16-17H,9H2,1-5H3. The number of nitrogens with one attached hydrogen (secondary N) is 2. The number of hydrogen-bond acceptors (Lipinski definition) is 1. The Kier molecular flexibility index (Phi) is 3.00. The highest BCUT2D eigenvalue weighted by molar-refractivity contribution is 5.86. The van der Waals surface area contributed by atoms with Crippen LogP contribution < -0.4 is 5.32 Å². The molecular formula is C15H22N2. The van der Waals surface area contributed by atoms with Gasteiger partial charge in [0.1, 0.15) is 0 Å². The van der Waals surface area contributed by atoms with Gasteiger partial charge in [-0.1, -0.05) is 26.0 Å². The SMILES string of the molecule is CNCC(C)(C)c1c(C)[nH]c2cc(C)ccc12. The number of H-pyrrole nitrogens is 1. The first-order valence-electron chi connectivity index (χ1n) is 6.20. The van der Waals surface area contributed by atoms with Crippen molar-refractivity contribution in [3.05, 3.63) is 35.0 Å². The first kappa shape index (κ1) is 12.2. The molecule has 0 spiro atoms. The maximum Gasteiger partial charge on any atom is 0.0461 e. The molecule has 1 aromatic carbocycles. The average molecular weight is 230 g/mol. The quantitative estimate of drug-likeness (QED) is 0.832. The van der Waals surface area contributed by atoms with Crippen LogP contribution in [-0.4, -0.2) is 18.6 Å². The predicted molar refractivity (Wildman–Crippen MR) is 74.7 cm³/mol. The Morgan fingerprint density at radius 3 is 2.59 bits per heavy atom. The lowest BCUT2D eigenvalue weighted by Gasteiger charge is -2.25. The van der Waals surface area contributed by atoms with Crippen molar-refractivity contribution in [1.29, 1.82) is 0 Å². The number of aromatic amines is 1. The third-order valence-corrected chi connectivity index (χ3v) is 3.44. The van der Waals surface area contributed by atoms with Gasteiger partial charge in [-0.25, -0.2) is 0 Å². The van der Waals surface area contributed by atoms with Crippen molar-refractivity contribution >= 4 is 10.9 Å². The molecule has 0 unspecified atom stereocenters. The van der Waals surface area contributed by atoms with Gasteiger partial charge in [0.05, 0.1) is 0 Å². The fraction of sp³-hybridized carbons (Fsp3) is 0.467. The van der Waals surface area contributed by atoms with Gasteiger partial charge < -0.3 is 10.3 Å². The van der Waals surface area contributed by atoms with Crippen LogP contribution in [0.15, 0.2) is 18.2 Å². The third-order valence-electron chi connectivity index (χ3n) is 3.44. The Hall–Kier alpha value is -1.28. The molecule has 0 aliphatic heterocycles. The number of hydrogen-bond donors (Lipinski definition) is 2. The lowest BCUT2D eigenvalue weighted by atomic mass is 9.82. The summed E-state index contributed by atoms with van der Waals surface area (Å²) in [6, 6.07) is 6.65. The Morgan fingerprint density at radius 1 is 1.24 bits per heavy atom. The van der Waals surface area contributed by atoms with Crippen molar-refractivity contribution < 1.29 is 0 Å². The molecule has 0 aliphatic rings. The largest absolute Gasteiger partial charge is 0.358 e. The second kappa shape index (κ2) is 4.19. The molecule has 2 heteroatoms. The molecule has 0 fully saturated rings. The molecule has 0 saturated carbocycles. The summed E-state index contributed by atoms with van der Waals surface area (Å²) >= 11 is 0. The minimum absolute atomic E-state index is 0.145. The Labute approximate surface area is 103 Å². The van der Waals surface area contributed by atoms with E-state index in [4.69, 9.17) is 0 Å². The topological polar surface area (TPSA) is 27.8 Å². The summed E-state index contributed by atoms with van der Waals surface area (Å²) < 4.78 is 0. The summed E-state index contributed by atoms with van der Waals surface area (Å²) in [5.41, 5.74) is 5.41. The van der Waals surface area contributed by atoms with Gasteiger partial charge in [0.15, 0.2) is 0 Å². The summed E-state index contributed by atoms with van der Waals surface area (Å²) in [5.74, 6) is 0. The number of aryl methyl sites for hydroxylation is 2. The number of fused-ring (bicyclic) bond motifs is 1. The smallest absolute Gasteiger partial charge is 0.0461 e. The molecule has 2 nitrogen and oxygen atoms in total. The van der Waals surface area contributed by atoms with E-state index in [0.29, 0.717) is 0 Å². The molecule has 0 aliphatic carbocycles.